The van der Waals surface area contributed by atoms with Crippen molar-refractivity contribution in [1.82, 2.24) is 10.6 Å². The van der Waals surface area contributed by atoms with Gasteiger partial charge in [0.1, 0.15) is 5.69 Å². The molecule has 8 nitrogen and oxygen atoms in total. The average Bonchev–Trinajstić information content (AvgIpc) is 2.69. The maximum atomic E-state index is 12.9. The van der Waals surface area contributed by atoms with E-state index in [1.165, 1.54) is 0 Å². The maximum Gasteiger partial charge on any atom is 0.416 e. The molecule has 1 saturated heterocycles. The van der Waals surface area contributed by atoms with Crippen LogP contribution >= 0.6 is 0 Å². The van der Waals surface area contributed by atoms with E-state index in [1.54, 1.807) is 18.7 Å². The Morgan fingerprint density at radius 3 is 2.33 bits per heavy atom. The van der Waals surface area contributed by atoms with E-state index in [0.717, 1.165) is 12.1 Å². The first-order chi connectivity index (χ1) is 14.0. The van der Waals surface area contributed by atoms with E-state index < -0.39 is 22.4 Å². The number of amides is 2. The molecule has 1 aliphatic rings. The Morgan fingerprint density at radius 1 is 1.20 bits per heavy atom. The van der Waals surface area contributed by atoms with Crippen molar-refractivity contribution in [2.75, 3.05) is 31.1 Å². The lowest BCUT2D eigenvalue weighted by Crippen LogP contribution is -2.43. The van der Waals surface area contributed by atoms with E-state index in [4.69, 9.17) is 0 Å². The summed E-state index contributed by atoms with van der Waals surface area (Å²) in [7, 11) is 0. The molecule has 11 heteroatoms. The zero-order chi connectivity index (χ0) is 22.5. The number of hydrogen-bond donors (Lipinski definition) is 2. The molecule has 0 unspecified atom stereocenters. The van der Waals surface area contributed by atoms with Gasteiger partial charge in [-0.05, 0) is 25.0 Å². The summed E-state index contributed by atoms with van der Waals surface area (Å²) < 4.78 is 38.6. The van der Waals surface area contributed by atoms with Gasteiger partial charge in [0.25, 0.3) is 5.69 Å². The van der Waals surface area contributed by atoms with Gasteiger partial charge in [-0.15, -0.1) is 0 Å². The van der Waals surface area contributed by atoms with Gasteiger partial charge in [-0.1, -0.05) is 13.8 Å². The molecule has 0 bridgehead atoms. The zero-order valence-corrected chi connectivity index (χ0v) is 16.8. The molecular weight excluding hydrogens is 405 g/mol. The predicted molar refractivity (Wildman–Crippen MR) is 104 cm³/mol. The number of carbonyl (C=O) groups excluding carboxylic acids is 2. The van der Waals surface area contributed by atoms with Gasteiger partial charge in [-0.25, -0.2) is 0 Å². The van der Waals surface area contributed by atoms with Gasteiger partial charge < -0.3 is 15.5 Å². The van der Waals surface area contributed by atoms with Crippen molar-refractivity contribution in [3.8, 4) is 0 Å². The van der Waals surface area contributed by atoms with Crippen LogP contribution in [0, 0.1) is 22.0 Å². The van der Waals surface area contributed by atoms with Crippen LogP contribution < -0.4 is 15.5 Å². The number of nitro benzene ring substituents is 1. The standard InChI is InChI=1S/C19H25F3N4O4/c1-12(2)17(27)23-7-8-24-18(28)13-5-9-25(10-6-13)15-4-3-14(19(20,21)22)11-16(15)26(29)30/h3-4,11-13H,5-10H2,1-2H3,(H,23,27)(H,24,28). The molecule has 1 fully saturated rings. The molecule has 1 aromatic carbocycles. The quantitative estimate of drug-likeness (QED) is 0.393. The number of piperidine rings is 1. The van der Waals surface area contributed by atoms with Crippen LogP contribution in [0.1, 0.15) is 32.3 Å². The molecule has 2 rings (SSSR count). The summed E-state index contributed by atoms with van der Waals surface area (Å²) in [6.45, 7) is 4.77. The van der Waals surface area contributed by atoms with E-state index in [2.05, 4.69) is 10.6 Å². The minimum Gasteiger partial charge on any atom is -0.366 e. The number of halogens is 3. The Kier molecular flexibility index (Phi) is 7.63. The fraction of sp³-hybridized carbons (Fsp3) is 0.579. The monoisotopic (exact) mass is 430 g/mol. The molecular formula is C19H25F3N4O4. The molecule has 0 radical (unpaired) electrons. The third-order valence-corrected chi connectivity index (χ3v) is 4.95. The highest BCUT2D eigenvalue weighted by atomic mass is 19.4. The number of nitrogens with one attached hydrogen (secondary N) is 2. The summed E-state index contributed by atoms with van der Waals surface area (Å²) in [6.07, 6.45) is -3.83. The van der Waals surface area contributed by atoms with E-state index in [9.17, 15) is 32.9 Å². The number of benzene rings is 1. The molecule has 1 heterocycles. The number of alkyl halides is 3. The van der Waals surface area contributed by atoms with Gasteiger partial charge in [-0.3, -0.25) is 19.7 Å². The highest BCUT2D eigenvalue weighted by Gasteiger charge is 2.34. The van der Waals surface area contributed by atoms with E-state index in [0.29, 0.717) is 45.1 Å². The average molecular weight is 430 g/mol. The summed E-state index contributed by atoms with van der Waals surface area (Å²) in [5.74, 6) is -0.708. The van der Waals surface area contributed by atoms with Crippen LogP contribution in [0.2, 0.25) is 0 Å². The topological polar surface area (TPSA) is 105 Å². The number of anilines is 1. The smallest absolute Gasteiger partial charge is 0.366 e. The van der Waals surface area contributed by atoms with Crippen LogP contribution in [0.15, 0.2) is 18.2 Å². The Bertz CT molecular complexity index is 790. The molecule has 0 spiro atoms. The Hall–Kier alpha value is -2.85. The highest BCUT2D eigenvalue weighted by molar-refractivity contribution is 5.80. The summed E-state index contributed by atoms with van der Waals surface area (Å²) in [5, 5.41) is 16.7. The molecule has 1 aliphatic heterocycles. The van der Waals surface area contributed by atoms with Gasteiger partial charge in [0.05, 0.1) is 10.5 Å². The SMILES string of the molecule is CC(C)C(=O)NCCNC(=O)C1CCN(c2ccc(C(F)(F)F)cc2[N+](=O)[O-])CC1. The fourth-order valence-electron chi connectivity index (χ4n) is 3.22. The van der Waals surface area contributed by atoms with Crippen molar-refractivity contribution in [2.45, 2.75) is 32.9 Å². The molecule has 0 aromatic heterocycles. The number of carbonyl (C=O) groups is 2. The highest BCUT2D eigenvalue weighted by Crippen LogP contribution is 2.37. The van der Waals surface area contributed by atoms with Crippen molar-refractivity contribution < 1.29 is 27.7 Å². The van der Waals surface area contributed by atoms with Crippen molar-refractivity contribution in [1.29, 1.82) is 0 Å². The molecule has 0 saturated carbocycles. The van der Waals surface area contributed by atoms with Crippen molar-refractivity contribution in [3.63, 3.8) is 0 Å². The lowest BCUT2D eigenvalue weighted by atomic mass is 9.95. The third kappa shape index (κ3) is 6.07. The lowest BCUT2D eigenvalue weighted by molar-refractivity contribution is -0.384. The van der Waals surface area contributed by atoms with Crippen LogP contribution in [0.4, 0.5) is 24.5 Å². The minimum atomic E-state index is -4.66. The van der Waals surface area contributed by atoms with E-state index in [-0.39, 0.29) is 29.3 Å². The first kappa shape index (κ1) is 23.4. The van der Waals surface area contributed by atoms with Gasteiger partial charge >= 0.3 is 6.18 Å². The van der Waals surface area contributed by atoms with E-state index in [1.807, 2.05) is 0 Å². The zero-order valence-electron chi connectivity index (χ0n) is 16.8. The number of rotatable bonds is 7. The van der Waals surface area contributed by atoms with Crippen molar-refractivity contribution in [2.24, 2.45) is 11.8 Å². The molecule has 1 aromatic rings. The largest absolute Gasteiger partial charge is 0.416 e. The Balaban J connectivity index is 1.91. The molecule has 166 valence electrons. The molecule has 0 aliphatic carbocycles. The van der Waals surface area contributed by atoms with Gasteiger partial charge in [0.2, 0.25) is 11.8 Å². The van der Waals surface area contributed by atoms with Gasteiger partial charge in [-0.2, -0.15) is 13.2 Å². The maximum absolute atomic E-state index is 12.9. The van der Waals surface area contributed by atoms with Crippen LogP contribution in [0.5, 0.6) is 0 Å². The lowest BCUT2D eigenvalue weighted by Gasteiger charge is -2.32. The number of nitro groups is 1. The first-order valence-electron chi connectivity index (χ1n) is 9.66. The second-order valence-electron chi connectivity index (χ2n) is 7.46. The molecule has 30 heavy (non-hydrogen) atoms. The second kappa shape index (κ2) is 9.77. The van der Waals surface area contributed by atoms with Crippen molar-refractivity contribution in [3.05, 3.63) is 33.9 Å². The van der Waals surface area contributed by atoms with Crippen molar-refractivity contribution >= 4 is 23.2 Å². The summed E-state index contributed by atoms with van der Waals surface area (Å²) in [5.41, 5.74) is -1.56. The molecule has 2 N–H and O–H groups in total. The summed E-state index contributed by atoms with van der Waals surface area (Å²) >= 11 is 0. The van der Waals surface area contributed by atoms with E-state index >= 15 is 0 Å². The van der Waals surface area contributed by atoms with Crippen LogP contribution in [-0.2, 0) is 15.8 Å². The predicted octanol–water partition coefficient (Wildman–Crippen LogP) is 2.72. The fourth-order valence-corrected chi connectivity index (χ4v) is 3.22. The second-order valence-corrected chi connectivity index (χ2v) is 7.46. The van der Waals surface area contributed by atoms with Gasteiger partial charge in [0, 0.05) is 44.1 Å². The minimum absolute atomic E-state index is 0.101. The Morgan fingerprint density at radius 2 is 1.80 bits per heavy atom. The first-order valence-corrected chi connectivity index (χ1v) is 9.66. The van der Waals surface area contributed by atoms with Gasteiger partial charge in [0.15, 0.2) is 0 Å². The van der Waals surface area contributed by atoms with Crippen LogP contribution in [-0.4, -0.2) is 42.9 Å². The third-order valence-electron chi connectivity index (χ3n) is 4.95. The Labute approximate surface area is 172 Å². The van der Waals surface area contributed by atoms with Crippen LogP contribution in [0.25, 0.3) is 0 Å². The molecule has 2 amide bonds. The van der Waals surface area contributed by atoms with Crippen LogP contribution in [0.3, 0.4) is 0 Å². The summed E-state index contributed by atoms with van der Waals surface area (Å²) in [4.78, 5) is 35.8. The molecule has 0 atom stereocenters. The number of hydrogen-bond acceptors (Lipinski definition) is 5. The summed E-state index contributed by atoms with van der Waals surface area (Å²) in [6, 6.07) is 2.48. The normalized spacial score (nSPS) is 15.2. The number of nitrogens with zero attached hydrogens (tertiary/aromatic N) is 2.